The molecule has 6 atom stereocenters. The Kier molecular flexibility index (Phi) is 0.570. The number of rotatable bonds is 0. The van der Waals surface area contributed by atoms with Gasteiger partial charge in [-0.05, 0) is 54.8 Å². The summed E-state index contributed by atoms with van der Waals surface area (Å²) in [6, 6.07) is 0. The molecule has 6 bridgehead atoms. The third-order valence-corrected chi connectivity index (χ3v) is 5.14. The van der Waals surface area contributed by atoms with Crippen molar-refractivity contribution in [3.05, 3.63) is 0 Å². The lowest BCUT2D eigenvalue weighted by molar-refractivity contribution is -0.0855. The van der Waals surface area contributed by atoms with Gasteiger partial charge in [-0.15, -0.1) is 0 Å². The second-order valence-electron chi connectivity index (χ2n) is 4.98. The van der Waals surface area contributed by atoms with Crippen LogP contribution in [0.1, 0.15) is 25.7 Å². The van der Waals surface area contributed by atoms with Crippen LogP contribution in [-0.2, 0) is 0 Å². The highest BCUT2D eigenvalue weighted by Crippen LogP contribution is 2.78. The Morgan fingerprint density at radius 2 is 1.30 bits per heavy atom. The molecule has 0 spiro atoms. The molecule has 8 aliphatic carbocycles. The van der Waals surface area contributed by atoms with E-state index in [0.29, 0.717) is 0 Å². The van der Waals surface area contributed by atoms with Gasteiger partial charge in [0, 0.05) is 0 Å². The van der Waals surface area contributed by atoms with Gasteiger partial charge in [0.2, 0.25) is 0 Å². The minimum Gasteiger partial charge on any atom is -0.0527 e. The quantitative estimate of drug-likeness (QED) is 0.477. The third kappa shape index (κ3) is 0.271. The van der Waals surface area contributed by atoms with Crippen LogP contribution < -0.4 is 0 Å². The molecule has 3 unspecified atom stereocenters. The Hall–Kier alpha value is 0. The van der Waals surface area contributed by atoms with Gasteiger partial charge in [-0.1, -0.05) is 6.42 Å². The predicted octanol–water partition coefficient (Wildman–Crippen LogP) is 2.30. The maximum absolute atomic E-state index is 1.66. The van der Waals surface area contributed by atoms with Crippen molar-refractivity contribution >= 4 is 0 Å². The molecule has 0 aliphatic heterocycles. The van der Waals surface area contributed by atoms with Crippen LogP contribution in [-0.4, -0.2) is 0 Å². The van der Waals surface area contributed by atoms with E-state index < -0.39 is 0 Å². The standard InChI is InChI=1S/C10H14/c1-2-5-7-4-8-6(3-1)10(7)9(5)8/h5-10H,1-4H2/t5-,6?,7?,8+,9-,10?/m1/s1. The average molecular weight is 134 g/mol. The second kappa shape index (κ2) is 1.19. The van der Waals surface area contributed by atoms with Crippen LogP contribution >= 0.6 is 0 Å². The van der Waals surface area contributed by atoms with Gasteiger partial charge < -0.3 is 0 Å². The van der Waals surface area contributed by atoms with Crippen LogP contribution in [0.2, 0.25) is 0 Å². The van der Waals surface area contributed by atoms with E-state index in [1.807, 2.05) is 0 Å². The summed E-state index contributed by atoms with van der Waals surface area (Å²) in [5.74, 6) is 7.54. The fourth-order valence-corrected chi connectivity index (χ4v) is 5.01. The van der Waals surface area contributed by atoms with Gasteiger partial charge in [-0.2, -0.15) is 0 Å². The molecule has 54 valence electrons. The van der Waals surface area contributed by atoms with E-state index in [4.69, 9.17) is 0 Å². The van der Waals surface area contributed by atoms with Gasteiger partial charge in [-0.25, -0.2) is 0 Å². The zero-order valence-corrected chi connectivity index (χ0v) is 6.29. The Bertz CT molecular complexity index is 145. The molecule has 0 amide bonds. The van der Waals surface area contributed by atoms with Gasteiger partial charge in [0.15, 0.2) is 0 Å². The zero-order chi connectivity index (χ0) is 6.29. The van der Waals surface area contributed by atoms with E-state index in [9.17, 15) is 0 Å². The molecule has 0 aromatic heterocycles. The molecule has 10 heavy (non-hydrogen) atoms. The molecule has 0 heterocycles. The van der Waals surface area contributed by atoms with Crippen LogP contribution in [0.15, 0.2) is 0 Å². The van der Waals surface area contributed by atoms with Crippen molar-refractivity contribution in [3.8, 4) is 0 Å². The summed E-state index contributed by atoms with van der Waals surface area (Å²) < 4.78 is 0. The fourth-order valence-electron chi connectivity index (χ4n) is 5.01. The van der Waals surface area contributed by atoms with Crippen molar-refractivity contribution in [1.82, 2.24) is 0 Å². The number of hydrogen-bond acceptors (Lipinski definition) is 0. The monoisotopic (exact) mass is 134 g/mol. The van der Waals surface area contributed by atoms with Crippen LogP contribution in [0.3, 0.4) is 0 Å². The van der Waals surface area contributed by atoms with E-state index in [1.165, 1.54) is 35.5 Å². The smallest absolute Gasteiger partial charge is 0.0318 e. The first-order valence-electron chi connectivity index (χ1n) is 4.97. The largest absolute Gasteiger partial charge is 0.0527 e. The first-order chi connectivity index (χ1) is 4.97. The molecule has 0 nitrogen and oxygen atoms in total. The molecular weight excluding hydrogens is 120 g/mol. The van der Waals surface area contributed by atoms with Gasteiger partial charge in [0.1, 0.15) is 0 Å². The van der Waals surface area contributed by atoms with Crippen molar-refractivity contribution in [2.45, 2.75) is 25.7 Å². The SMILES string of the molecule is C1CC2C3C4C[C@@H]2[C@H]3[C@@H]4C1. The maximum atomic E-state index is 1.66. The first kappa shape index (κ1) is 4.79. The molecule has 8 rings (SSSR count). The highest BCUT2D eigenvalue weighted by atomic mass is 14.8. The summed E-state index contributed by atoms with van der Waals surface area (Å²) in [4.78, 5) is 0. The molecule has 0 aromatic rings. The lowest BCUT2D eigenvalue weighted by Crippen LogP contribution is -2.52. The van der Waals surface area contributed by atoms with E-state index in [-0.39, 0.29) is 0 Å². The minimum absolute atomic E-state index is 1.24. The fraction of sp³-hybridized carbons (Fsp3) is 1.00. The molecule has 0 aromatic carbocycles. The molecule has 8 saturated carbocycles. The Morgan fingerprint density at radius 3 is 1.80 bits per heavy atom. The molecule has 0 N–H and O–H groups in total. The summed E-state index contributed by atoms with van der Waals surface area (Å²) in [7, 11) is 0. The van der Waals surface area contributed by atoms with Gasteiger partial charge in [-0.3, -0.25) is 0 Å². The second-order valence-corrected chi connectivity index (χ2v) is 4.98. The van der Waals surface area contributed by atoms with Crippen molar-refractivity contribution in [1.29, 1.82) is 0 Å². The van der Waals surface area contributed by atoms with Gasteiger partial charge in [0.05, 0.1) is 0 Å². The minimum atomic E-state index is 1.24. The molecule has 0 saturated heterocycles. The highest BCUT2D eigenvalue weighted by Gasteiger charge is 2.72. The van der Waals surface area contributed by atoms with Crippen molar-refractivity contribution in [2.24, 2.45) is 35.5 Å². The van der Waals surface area contributed by atoms with Gasteiger partial charge in [0.25, 0.3) is 0 Å². The van der Waals surface area contributed by atoms with Crippen LogP contribution in [0.4, 0.5) is 0 Å². The van der Waals surface area contributed by atoms with Crippen LogP contribution in [0, 0.1) is 35.5 Å². The first-order valence-corrected chi connectivity index (χ1v) is 4.97. The number of hydrogen-bond donors (Lipinski definition) is 0. The van der Waals surface area contributed by atoms with E-state index >= 15 is 0 Å². The van der Waals surface area contributed by atoms with E-state index in [1.54, 1.807) is 25.7 Å². The van der Waals surface area contributed by atoms with Gasteiger partial charge >= 0.3 is 0 Å². The Labute approximate surface area is 62.0 Å². The molecule has 0 radical (unpaired) electrons. The highest BCUT2D eigenvalue weighted by molar-refractivity contribution is 5.20. The molecule has 8 aliphatic rings. The van der Waals surface area contributed by atoms with Crippen molar-refractivity contribution in [2.75, 3.05) is 0 Å². The topological polar surface area (TPSA) is 0 Å². The Balaban J connectivity index is 1.88. The summed E-state index contributed by atoms with van der Waals surface area (Å²) in [5, 5.41) is 0. The van der Waals surface area contributed by atoms with Crippen LogP contribution in [0.5, 0.6) is 0 Å². The normalized spacial score (nSPS) is 74.4. The molecule has 8 fully saturated rings. The summed E-state index contributed by atoms with van der Waals surface area (Å²) in [6.45, 7) is 0. The summed E-state index contributed by atoms with van der Waals surface area (Å²) in [6.07, 6.45) is 6.46. The van der Waals surface area contributed by atoms with Crippen molar-refractivity contribution in [3.63, 3.8) is 0 Å². The third-order valence-electron chi connectivity index (χ3n) is 5.14. The van der Waals surface area contributed by atoms with Crippen LogP contribution in [0.25, 0.3) is 0 Å². The lowest BCUT2D eigenvalue weighted by Gasteiger charge is -2.56. The maximum Gasteiger partial charge on any atom is -0.0318 e. The van der Waals surface area contributed by atoms with E-state index in [2.05, 4.69) is 0 Å². The summed E-state index contributed by atoms with van der Waals surface area (Å²) >= 11 is 0. The lowest BCUT2D eigenvalue weighted by atomic mass is 9.49. The Morgan fingerprint density at radius 1 is 0.700 bits per heavy atom. The predicted molar refractivity (Wildman–Crippen MR) is 39.4 cm³/mol. The van der Waals surface area contributed by atoms with Crippen molar-refractivity contribution < 1.29 is 0 Å². The average Bonchev–Trinajstić information content (AvgIpc) is 2.40. The zero-order valence-electron chi connectivity index (χ0n) is 6.29. The summed E-state index contributed by atoms with van der Waals surface area (Å²) in [5.41, 5.74) is 0. The van der Waals surface area contributed by atoms with E-state index in [0.717, 1.165) is 0 Å². The molecular formula is C10H14. The molecule has 0 heteroatoms.